The second kappa shape index (κ2) is 4.28. The molecule has 15 heavy (non-hydrogen) atoms. The van der Waals surface area contributed by atoms with Crippen molar-refractivity contribution in [2.24, 2.45) is 0 Å². The summed E-state index contributed by atoms with van der Waals surface area (Å²) in [6.45, 7) is 0. The average Bonchev–Trinajstić information content (AvgIpc) is 2.15. The van der Waals surface area contributed by atoms with Crippen molar-refractivity contribution in [3.63, 3.8) is 0 Å². The third-order valence-electron chi connectivity index (χ3n) is 1.59. The van der Waals surface area contributed by atoms with Crippen LogP contribution in [-0.2, 0) is 9.05 Å². The van der Waals surface area contributed by atoms with Gasteiger partial charge in [0.25, 0.3) is 15.5 Å². The highest BCUT2D eigenvalue weighted by atomic mass is 35.7. The minimum absolute atomic E-state index is 0.477. The highest BCUT2D eigenvalue weighted by Gasteiger charge is 2.24. The number of hydrogen-bond donors (Lipinski definition) is 0. The van der Waals surface area contributed by atoms with Crippen LogP contribution in [-0.4, -0.2) is 20.5 Å². The number of ether oxygens (including phenoxy) is 1. The van der Waals surface area contributed by atoms with E-state index in [2.05, 4.69) is 9.72 Å². The third kappa shape index (κ3) is 2.54. The predicted molar refractivity (Wildman–Crippen MR) is 48.8 cm³/mol. The van der Waals surface area contributed by atoms with E-state index in [0.717, 1.165) is 19.5 Å². The molecule has 0 N–H and O–H groups in total. The number of alkyl halides is 2. The first kappa shape index (κ1) is 12.1. The average molecular weight is 258 g/mol. The van der Waals surface area contributed by atoms with Gasteiger partial charge in [0.2, 0.25) is 0 Å². The summed E-state index contributed by atoms with van der Waals surface area (Å²) in [5, 5.41) is 0. The maximum Gasteiger partial charge on any atom is 0.268 e. The van der Waals surface area contributed by atoms with Gasteiger partial charge < -0.3 is 4.74 Å². The number of pyridine rings is 1. The van der Waals surface area contributed by atoms with Crippen molar-refractivity contribution in [1.29, 1.82) is 0 Å². The number of aromatic nitrogens is 1. The van der Waals surface area contributed by atoms with Crippen LogP contribution >= 0.6 is 10.7 Å². The summed E-state index contributed by atoms with van der Waals surface area (Å²) in [4.78, 5) is 2.79. The topological polar surface area (TPSA) is 56.3 Å². The highest BCUT2D eigenvalue weighted by Crippen LogP contribution is 2.34. The second-order valence-corrected chi connectivity index (χ2v) is 5.03. The van der Waals surface area contributed by atoms with Crippen LogP contribution in [0.3, 0.4) is 0 Å². The minimum Gasteiger partial charge on any atom is -0.495 e. The molecule has 0 aromatic carbocycles. The fourth-order valence-electron chi connectivity index (χ4n) is 0.992. The zero-order chi connectivity index (χ0) is 11.6. The van der Waals surface area contributed by atoms with Crippen LogP contribution in [0.25, 0.3) is 0 Å². The number of nitrogens with zero attached hydrogens (tertiary/aromatic N) is 1. The third-order valence-corrected chi connectivity index (χ3v) is 2.91. The van der Waals surface area contributed by atoms with Crippen LogP contribution in [0.2, 0.25) is 0 Å². The molecule has 1 aromatic rings. The molecule has 0 aliphatic heterocycles. The van der Waals surface area contributed by atoms with E-state index in [0.29, 0.717) is 0 Å². The Kier molecular flexibility index (Phi) is 3.46. The van der Waals surface area contributed by atoms with Crippen molar-refractivity contribution < 1.29 is 21.9 Å². The lowest BCUT2D eigenvalue weighted by Crippen LogP contribution is -2.01. The normalized spacial score (nSPS) is 11.8. The molecule has 0 aliphatic rings. The lowest BCUT2D eigenvalue weighted by molar-refractivity contribution is 0.146. The first-order valence-corrected chi connectivity index (χ1v) is 5.93. The number of hydrogen-bond acceptors (Lipinski definition) is 4. The van der Waals surface area contributed by atoms with Gasteiger partial charge in [-0.15, -0.1) is 0 Å². The first-order chi connectivity index (χ1) is 6.88. The Balaban J connectivity index is 3.49. The van der Waals surface area contributed by atoms with E-state index in [1.54, 1.807) is 0 Å². The zero-order valence-electron chi connectivity index (χ0n) is 7.45. The summed E-state index contributed by atoms with van der Waals surface area (Å²) in [5.41, 5.74) is -0.612. The minimum atomic E-state index is -4.15. The molecule has 0 radical (unpaired) electrons. The van der Waals surface area contributed by atoms with Crippen LogP contribution in [0.15, 0.2) is 17.3 Å². The summed E-state index contributed by atoms with van der Waals surface area (Å²) in [6, 6.07) is 0. The molecular formula is C7H6ClF2NO3S. The van der Waals surface area contributed by atoms with Crippen molar-refractivity contribution in [2.75, 3.05) is 7.11 Å². The maximum atomic E-state index is 12.4. The lowest BCUT2D eigenvalue weighted by atomic mass is 10.3. The van der Waals surface area contributed by atoms with Gasteiger partial charge in [0.1, 0.15) is 4.90 Å². The molecule has 0 fully saturated rings. The van der Waals surface area contributed by atoms with E-state index in [4.69, 9.17) is 10.7 Å². The lowest BCUT2D eigenvalue weighted by Gasteiger charge is -2.09. The Morgan fingerprint density at radius 3 is 2.47 bits per heavy atom. The monoisotopic (exact) mass is 257 g/mol. The number of rotatable bonds is 3. The van der Waals surface area contributed by atoms with Crippen molar-refractivity contribution in [1.82, 2.24) is 4.98 Å². The molecule has 1 heterocycles. The summed E-state index contributed by atoms with van der Waals surface area (Å²) in [5.74, 6) is -0.477. The SMILES string of the molecule is COc1c(C(F)F)cncc1S(=O)(=O)Cl. The summed E-state index contributed by atoms with van der Waals surface area (Å²) in [7, 11) is 1.95. The summed E-state index contributed by atoms with van der Waals surface area (Å²) < 4.78 is 51.4. The smallest absolute Gasteiger partial charge is 0.268 e. The molecule has 0 atom stereocenters. The Morgan fingerprint density at radius 1 is 1.47 bits per heavy atom. The molecule has 1 aromatic heterocycles. The number of methoxy groups -OCH3 is 1. The van der Waals surface area contributed by atoms with Gasteiger partial charge in [0, 0.05) is 16.9 Å². The van der Waals surface area contributed by atoms with E-state index in [-0.39, 0.29) is 0 Å². The Hall–Kier alpha value is -0.950. The molecule has 0 saturated heterocycles. The summed E-state index contributed by atoms with van der Waals surface area (Å²) >= 11 is 0. The van der Waals surface area contributed by atoms with Gasteiger partial charge in [0.05, 0.1) is 18.9 Å². The van der Waals surface area contributed by atoms with Crippen LogP contribution < -0.4 is 4.74 Å². The molecule has 4 nitrogen and oxygen atoms in total. The molecule has 0 saturated carbocycles. The fraction of sp³-hybridized carbons (Fsp3) is 0.286. The summed E-state index contributed by atoms with van der Waals surface area (Å²) in [6.07, 6.45) is -1.20. The van der Waals surface area contributed by atoms with Gasteiger partial charge in [-0.25, -0.2) is 17.2 Å². The van der Waals surface area contributed by atoms with Gasteiger partial charge in [-0.05, 0) is 0 Å². The van der Waals surface area contributed by atoms with Crippen molar-refractivity contribution in [3.8, 4) is 5.75 Å². The zero-order valence-corrected chi connectivity index (χ0v) is 9.02. The van der Waals surface area contributed by atoms with Crippen LogP contribution in [0.4, 0.5) is 8.78 Å². The van der Waals surface area contributed by atoms with Crippen LogP contribution in [0.1, 0.15) is 12.0 Å². The maximum absolute atomic E-state index is 12.4. The largest absolute Gasteiger partial charge is 0.495 e. The molecule has 0 bridgehead atoms. The van der Waals surface area contributed by atoms with Crippen molar-refractivity contribution in [3.05, 3.63) is 18.0 Å². The molecule has 0 unspecified atom stereocenters. The van der Waals surface area contributed by atoms with Crippen molar-refractivity contribution in [2.45, 2.75) is 11.3 Å². The van der Waals surface area contributed by atoms with Gasteiger partial charge in [-0.2, -0.15) is 0 Å². The van der Waals surface area contributed by atoms with Gasteiger partial charge in [0.15, 0.2) is 5.75 Å². The second-order valence-electron chi connectivity index (χ2n) is 2.50. The van der Waals surface area contributed by atoms with E-state index >= 15 is 0 Å². The highest BCUT2D eigenvalue weighted by molar-refractivity contribution is 8.13. The Morgan fingerprint density at radius 2 is 2.07 bits per heavy atom. The van der Waals surface area contributed by atoms with Gasteiger partial charge in [-0.3, -0.25) is 4.98 Å². The first-order valence-electron chi connectivity index (χ1n) is 3.62. The molecule has 84 valence electrons. The van der Waals surface area contributed by atoms with E-state index in [1.807, 2.05) is 0 Å². The molecule has 0 aliphatic carbocycles. The van der Waals surface area contributed by atoms with E-state index in [9.17, 15) is 17.2 Å². The Labute approximate surface area is 89.3 Å². The molecule has 0 spiro atoms. The number of halogens is 3. The van der Waals surface area contributed by atoms with Crippen molar-refractivity contribution >= 4 is 19.7 Å². The quantitative estimate of drug-likeness (QED) is 0.777. The van der Waals surface area contributed by atoms with Crippen LogP contribution in [0.5, 0.6) is 5.75 Å². The van der Waals surface area contributed by atoms with Gasteiger partial charge in [-0.1, -0.05) is 0 Å². The van der Waals surface area contributed by atoms with Crippen LogP contribution in [0, 0.1) is 0 Å². The van der Waals surface area contributed by atoms with E-state index in [1.165, 1.54) is 0 Å². The standard InChI is InChI=1S/C7H6ClF2NO3S/c1-14-6-4(7(9)10)2-11-3-5(6)15(8,12)13/h2-3,7H,1H3. The Bertz CT molecular complexity index is 463. The molecule has 0 amide bonds. The molecule has 8 heteroatoms. The van der Waals surface area contributed by atoms with E-state index < -0.39 is 31.7 Å². The molecule has 1 rings (SSSR count). The van der Waals surface area contributed by atoms with Gasteiger partial charge >= 0.3 is 0 Å². The fourth-order valence-corrected chi connectivity index (χ4v) is 1.93. The molecular weight excluding hydrogens is 252 g/mol. The predicted octanol–water partition coefficient (Wildman–Crippen LogP) is 1.96.